The molecule has 12 heavy (non-hydrogen) atoms. The van der Waals surface area contributed by atoms with E-state index in [-0.39, 0.29) is 5.54 Å². The van der Waals surface area contributed by atoms with E-state index in [1.165, 1.54) is 0 Å². The lowest BCUT2D eigenvalue weighted by Crippen LogP contribution is -2.46. The maximum Gasteiger partial charge on any atom is 0.318 e. The molecule has 0 aromatic heterocycles. The molecule has 0 bridgehead atoms. The van der Waals surface area contributed by atoms with Crippen LogP contribution in [0.1, 0.15) is 33.6 Å². The van der Waals surface area contributed by atoms with Crippen molar-refractivity contribution in [1.29, 1.82) is 0 Å². The van der Waals surface area contributed by atoms with Crippen molar-refractivity contribution >= 4 is 6.04 Å². The van der Waals surface area contributed by atoms with Crippen LogP contribution < -0.4 is 0 Å². The fraction of sp³-hybridized carbons (Fsp3) is 0.889. The van der Waals surface area contributed by atoms with Crippen LogP contribution in [-0.4, -0.2) is 29.1 Å². The molecule has 1 unspecified atom stereocenters. The fourth-order valence-electron chi connectivity index (χ4n) is 1.81. The summed E-state index contributed by atoms with van der Waals surface area (Å²) in [5.41, 5.74) is -0.0943. The topological polar surface area (TPSA) is 20.3 Å². The van der Waals surface area contributed by atoms with E-state index in [4.69, 9.17) is 0 Å². The molecular weight excluding hydrogens is 157 g/mol. The standard InChI is InChI=1S/C9H16FNO/c1-9(2,3)11-6-4-5-7(11)8(10)12/h7H,4-6H2,1-3H3. The summed E-state index contributed by atoms with van der Waals surface area (Å²) in [5.74, 6) is 0. The van der Waals surface area contributed by atoms with Gasteiger partial charge in [0.2, 0.25) is 0 Å². The number of likely N-dealkylation sites (tertiary alicyclic amines) is 1. The molecule has 1 aliphatic heterocycles. The van der Waals surface area contributed by atoms with Gasteiger partial charge >= 0.3 is 6.04 Å². The third-order valence-corrected chi connectivity index (χ3v) is 2.38. The molecule has 2 nitrogen and oxygen atoms in total. The van der Waals surface area contributed by atoms with Crippen molar-refractivity contribution in [1.82, 2.24) is 4.90 Å². The van der Waals surface area contributed by atoms with Gasteiger partial charge in [-0.05, 0) is 40.2 Å². The van der Waals surface area contributed by atoms with Crippen LogP contribution in [0.15, 0.2) is 0 Å². The zero-order valence-electron chi connectivity index (χ0n) is 7.93. The molecule has 1 saturated heterocycles. The Morgan fingerprint density at radius 2 is 2.08 bits per heavy atom. The summed E-state index contributed by atoms with van der Waals surface area (Å²) in [6.45, 7) is 6.86. The molecule has 3 heteroatoms. The van der Waals surface area contributed by atoms with Crippen LogP contribution in [0.5, 0.6) is 0 Å². The smallest absolute Gasteiger partial charge is 0.286 e. The molecule has 70 valence electrons. The van der Waals surface area contributed by atoms with Crippen LogP contribution >= 0.6 is 0 Å². The minimum atomic E-state index is -1.18. The summed E-state index contributed by atoms with van der Waals surface area (Å²) in [6.07, 6.45) is 1.60. The Balaban J connectivity index is 2.71. The summed E-state index contributed by atoms with van der Waals surface area (Å²) in [5, 5.41) is 0. The second-order valence-electron chi connectivity index (χ2n) is 4.33. The second-order valence-corrected chi connectivity index (χ2v) is 4.33. The minimum absolute atomic E-state index is 0.0943. The Labute approximate surface area is 72.7 Å². The third kappa shape index (κ3) is 1.83. The van der Waals surface area contributed by atoms with Gasteiger partial charge in [0.1, 0.15) is 6.04 Å². The van der Waals surface area contributed by atoms with Gasteiger partial charge in [0.25, 0.3) is 0 Å². The Kier molecular flexibility index (Phi) is 2.52. The maximum atomic E-state index is 12.5. The van der Waals surface area contributed by atoms with E-state index in [1.54, 1.807) is 0 Å². The van der Waals surface area contributed by atoms with Gasteiger partial charge in [-0.3, -0.25) is 9.69 Å². The zero-order valence-corrected chi connectivity index (χ0v) is 7.93. The number of rotatable bonds is 1. The Hall–Kier alpha value is -0.440. The van der Waals surface area contributed by atoms with Gasteiger partial charge in [-0.2, -0.15) is 4.39 Å². The normalized spacial score (nSPS) is 26.2. The molecule has 0 amide bonds. The van der Waals surface area contributed by atoms with Crippen LogP contribution in [0.4, 0.5) is 4.39 Å². The minimum Gasteiger partial charge on any atom is -0.286 e. The number of carbonyl (C=O) groups excluding carboxylic acids is 1. The lowest BCUT2D eigenvalue weighted by Gasteiger charge is -2.34. The summed E-state index contributed by atoms with van der Waals surface area (Å²) >= 11 is 0. The lowest BCUT2D eigenvalue weighted by atomic mass is 10.1. The Morgan fingerprint density at radius 3 is 2.42 bits per heavy atom. The molecule has 0 saturated carbocycles. The molecule has 0 aromatic rings. The van der Waals surface area contributed by atoms with Crippen molar-refractivity contribution in [2.75, 3.05) is 6.54 Å². The number of halogens is 1. The number of nitrogens with zero attached hydrogens (tertiary/aromatic N) is 1. The summed E-state index contributed by atoms with van der Waals surface area (Å²) < 4.78 is 12.5. The first-order valence-corrected chi connectivity index (χ1v) is 4.39. The van der Waals surface area contributed by atoms with Crippen LogP contribution in [0.2, 0.25) is 0 Å². The summed E-state index contributed by atoms with van der Waals surface area (Å²) in [7, 11) is 0. The largest absolute Gasteiger partial charge is 0.318 e. The average molecular weight is 173 g/mol. The van der Waals surface area contributed by atoms with E-state index in [0.717, 1.165) is 13.0 Å². The van der Waals surface area contributed by atoms with Crippen molar-refractivity contribution in [2.45, 2.75) is 45.2 Å². The highest BCUT2D eigenvalue weighted by atomic mass is 19.1. The fourth-order valence-corrected chi connectivity index (χ4v) is 1.81. The monoisotopic (exact) mass is 173 g/mol. The Morgan fingerprint density at radius 1 is 1.50 bits per heavy atom. The van der Waals surface area contributed by atoms with E-state index in [2.05, 4.69) is 0 Å². The molecule has 0 aliphatic carbocycles. The first-order chi connectivity index (χ1) is 5.43. The molecular formula is C9H16FNO. The number of hydrogen-bond donors (Lipinski definition) is 0. The van der Waals surface area contributed by atoms with Gasteiger partial charge in [-0.25, -0.2) is 0 Å². The molecule has 0 N–H and O–H groups in total. The SMILES string of the molecule is CC(C)(C)N1CCCC1C(=O)F. The molecule has 1 heterocycles. The van der Waals surface area contributed by atoms with Gasteiger partial charge in [0.15, 0.2) is 0 Å². The van der Waals surface area contributed by atoms with Crippen molar-refractivity contribution < 1.29 is 9.18 Å². The molecule has 1 fully saturated rings. The van der Waals surface area contributed by atoms with Crippen LogP contribution in [0.3, 0.4) is 0 Å². The highest BCUT2D eigenvalue weighted by molar-refractivity contribution is 5.74. The highest BCUT2D eigenvalue weighted by Crippen LogP contribution is 2.26. The quantitative estimate of drug-likeness (QED) is 0.563. The first-order valence-electron chi connectivity index (χ1n) is 4.39. The van der Waals surface area contributed by atoms with Crippen LogP contribution in [-0.2, 0) is 4.79 Å². The molecule has 0 aromatic carbocycles. The molecule has 0 spiro atoms. The molecule has 1 aliphatic rings. The van der Waals surface area contributed by atoms with E-state index in [9.17, 15) is 9.18 Å². The molecule has 1 atom stereocenters. The number of hydrogen-bond acceptors (Lipinski definition) is 2. The van der Waals surface area contributed by atoms with E-state index >= 15 is 0 Å². The first kappa shape index (κ1) is 9.65. The molecule has 1 rings (SSSR count). The van der Waals surface area contributed by atoms with Gasteiger partial charge in [0, 0.05) is 5.54 Å². The third-order valence-electron chi connectivity index (χ3n) is 2.38. The summed E-state index contributed by atoms with van der Waals surface area (Å²) in [6, 6.07) is -1.66. The van der Waals surface area contributed by atoms with Crippen LogP contribution in [0, 0.1) is 0 Å². The predicted molar refractivity (Wildman–Crippen MR) is 45.6 cm³/mol. The predicted octanol–water partition coefficient (Wildman–Crippen LogP) is 1.75. The van der Waals surface area contributed by atoms with Crippen molar-refractivity contribution in [3.05, 3.63) is 0 Å². The van der Waals surface area contributed by atoms with Crippen molar-refractivity contribution in [3.8, 4) is 0 Å². The van der Waals surface area contributed by atoms with Gasteiger partial charge in [-0.1, -0.05) is 0 Å². The van der Waals surface area contributed by atoms with Crippen molar-refractivity contribution in [3.63, 3.8) is 0 Å². The molecule has 0 radical (unpaired) electrons. The maximum absolute atomic E-state index is 12.5. The Bertz CT molecular complexity index is 185. The van der Waals surface area contributed by atoms with E-state index in [0.29, 0.717) is 6.42 Å². The van der Waals surface area contributed by atoms with E-state index in [1.807, 2.05) is 25.7 Å². The van der Waals surface area contributed by atoms with E-state index < -0.39 is 12.1 Å². The number of carbonyl (C=O) groups is 1. The van der Waals surface area contributed by atoms with Gasteiger partial charge in [0.05, 0.1) is 0 Å². The lowest BCUT2D eigenvalue weighted by molar-refractivity contribution is -0.135. The second kappa shape index (κ2) is 3.13. The highest BCUT2D eigenvalue weighted by Gasteiger charge is 2.37. The van der Waals surface area contributed by atoms with Gasteiger partial charge < -0.3 is 0 Å². The average Bonchev–Trinajstić information content (AvgIpc) is 2.30. The van der Waals surface area contributed by atoms with Gasteiger partial charge in [-0.15, -0.1) is 0 Å². The van der Waals surface area contributed by atoms with Crippen molar-refractivity contribution in [2.24, 2.45) is 0 Å². The van der Waals surface area contributed by atoms with Crippen LogP contribution in [0.25, 0.3) is 0 Å². The zero-order chi connectivity index (χ0) is 9.35. The summed E-state index contributed by atoms with van der Waals surface area (Å²) in [4.78, 5) is 12.5.